The van der Waals surface area contributed by atoms with E-state index in [4.69, 9.17) is 19.0 Å². The summed E-state index contributed by atoms with van der Waals surface area (Å²) in [5, 5.41) is 0. The minimum Gasteiger partial charge on any atom is -0.374 e. The molecule has 0 aliphatic carbocycles. The first kappa shape index (κ1) is 36.5. The highest BCUT2D eigenvalue weighted by molar-refractivity contribution is 6.60. The smallest absolute Gasteiger partial charge is 0.374 e. The minimum atomic E-state index is -7.99. The number of nitrogens with two attached hydrogens (primary N) is 1. The standard InChI is InChI=1S/C18H27F13N2O4Si/c1-4-35-38(36-5-2,37-6-3)11-7-9-33(12(32)34)10-8-13(19,20)14(21,22)15(23,24)16(25,26)17(27,28)18(29,30)31/h4-11H2,1-3H3,(H2,32,34). The molecule has 0 fully saturated rings. The van der Waals surface area contributed by atoms with Gasteiger partial charge >= 0.3 is 50.6 Å². The van der Waals surface area contributed by atoms with E-state index in [-0.39, 0.29) is 37.2 Å². The zero-order valence-electron chi connectivity index (χ0n) is 20.2. The van der Waals surface area contributed by atoms with Gasteiger partial charge in [-0.2, -0.15) is 57.1 Å². The Hall–Kier alpha value is -1.54. The molecule has 0 rings (SSSR count). The molecule has 0 aliphatic heterocycles. The maximum atomic E-state index is 14.0. The number of amides is 2. The fourth-order valence-electron chi connectivity index (χ4n) is 3.05. The Morgan fingerprint density at radius 2 is 1.08 bits per heavy atom. The monoisotopic (exact) mass is 610 g/mol. The predicted molar refractivity (Wildman–Crippen MR) is 107 cm³/mol. The molecule has 0 unspecified atom stereocenters. The third-order valence-electron chi connectivity index (χ3n) is 5.01. The zero-order valence-corrected chi connectivity index (χ0v) is 21.2. The lowest BCUT2D eigenvalue weighted by Gasteiger charge is -2.40. The maximum Gasteiger partial charge on any atom is 0.500 e. The van der Waals surface area contributed by atoms with Crippen LogP contribution in [0, 0.1) is 0 Å². The van der Waals surface area contributed by atoms with Gasteiger partial charge in [0.2, 0.25) is 0 Å². The molecule has 0 heterocycles. The van der Waals surface area contributed by atoms with Crippen molar-refractivity contribution in [2.45, 2.75) is 75.4 Å². The molecule has 228 valence electrons. The number of primary amides is 1. The Kier molecular flexibility index (Phi) is 12.2. The molecular formula is C18H27F13N2O4Si. The summed E-state index contributed by atoms with van der Waals surface area (Å²) >= 11 is 0. The molecule has 6 nitrogen and oxygen atoms in total. The van der Waals surface area contributed by atoms with Crippen molar-refractivity contribution >= 4 is 14.8 Å². The molecule has 0 spiro atoms. The van der Waals surface area contributed by atoms with Crippen LogP contribution >= 0.6 is 0 Å². The highest BCUT2D eigenvalue weighted by Gasteiger charge is 2.90. The van der Waals surface area contributed by atoms with Gasteiger partial charge in [0, 0.05) is 45.4 Å². The normalized spacial score (nSPS) is 14.6. The summed E-state index contributed by atoms with van der Waals surface area (Å²) in [4.78, 5) is 11.8. The van der Waals surface area contributed by atoms with E-state index in [0.29, 0.717) is 0 Å². The van der Waals surface area contributed by atoms with Crippen LogP contribution in [0.2, 0.25) is 6.04 Å². The van der Waals surface area contributed by atoms with Crippen molar-refractivity contribution in [2.24, 2.45) is 5.73 Å². The van der Waals surface area contributed by atoms with Gasteiger partial charge in [0.15, 0.2) is 0 Å². The topological polar surface area (TPSA) is 74.0 Å². The Balaban J connectivity index is 5.77. The van der Waals surface area contributed by atoms with Crippen LogP contribution in [0.4, 0.5) is 61.9 Å². The van der Waals surface area contributed by atoms with Gasteiger partial charge in [-0.05, 0) is 27.2 Å². The number of halogens is 13. The van der Waals surface area contributed by atoms with E-state index in [9.17, 15) is 61.9 Å². The van der Waals surface area contributed by atoms with Gasteiger partial charge in [-0.1, -0.05) is 0 Å². The summed E-state index contributed by atoms with van der Waals surface area (Å²) in [5.41, 5.74) is 4.94. The molecule has 0 radical (unpaired) electrons. The molecule has 38 heavy (non-hydrogen) atoms. The lowest BCUT2D eigenvalue weighted by Crippen LogP contribution is -2.70. The largest absolute Gasteiger partial charge is 0.500 e. The van der Waals surface area contributed by atoms with Crippen molar-refractivity contribution in [3.05, 3.63) is 0 Å². The first-order valence-corrected chi connectivity index (χ1v) is 12.8. The van der Waals surface area contributed by atoms with Crippen LogP contribution in [0.5, 0.6) is 0 Å². The highest BCUT2D eigenvalue weighted by atomic mass is 28.4. The van der Waals surface area contributed by atoms with Gasteiger partial charge in [0.25, 0.3) is 0 Å². The molecule has 0 atom stereocenters. The minimum absolute atomic E-state index is 0.0737. The number of carbonyl (C=O) groups excluding carboxylic acids is 1. The fourth-order valence-corrected chi connectivity index (χ4v) is 5.65. The Bertz CT molecular complexity index is 752. The SMILES string of the molecule is CCO[Si](CCCN(CCC(F)(F)C(F)(F)C(F)(F)C(F)(F)C(F)(F)C(F)(F)F)C(N)=O)(OCC)OCC. The van der Waals surface area contributed by atoms with Crippen molar-refractivity contribution in [3.63, 3.8) is 0 Å². The zero-order chi connectivity index (χ0) is 30.4. The van der Waals surface area contributed by atoms with Crippen molar-refractivity contribution < 1.29 is 75.1 Å². The van der Waals surface area contributed by atoms with E-state index < -0.39 is 70.1 Å². The molecular weight excluding hydrogens is 583 g/mol. The van der Waals surface area contributed by atoms with Gasteiger partial charge in [-0.25, -0.2) is 4.79 Å². The van der Waals surface area contributed by atoms with Gasteiger partial charge in [0.1, 0.15) is 0 Å². The van der Waals surface area contributed by atoms with E-state index >= 15 is 0 Å². The van der Waals surface area contributed by atoms with E-state index in [1.54, 1.807) is 20.8 Å². The predicted octanol–water partition coefficient (Wildman–Crippen LogP) is 5.93. The van der Waals surface area contributed by atoms with Crippen molar-refractivity contribution in [3.8, 4) is 0 Å². The number of alkyl halides is 13. The summed E-state index contributed by atoms with van der Waals surface area (Å²) < 4.78 is 188. The summed E-state index contributed by atoms with van der Waals surface area (Å²) in [6, 6.07) is -1.63. The van der Waals surface area contributed by atoms with Crippen LogP contribution in [-0.4, -0.2) is 88.4 Å². The number of nitrogens with zero attached hydrogens (tertiary/aromatic N) is 1. The maximum absolute atomic E-state index is 14.0. The molecule has 0 aromatic heterocycles. The average molecular weight is 610 g/mol. The van der Waals surface area contributed by atoms with Gasteiger partial charge < -0.3 is 23.9 Å². The van der Waals surface area contributed by atoms with Crippen LogP contribution in [0.15, 0.2) is 0 Å². The molecule has 0 aliphatic rings. The fraction of sp³-hybridized carbons (Fsp3) is 0.944. The Labute approximate surface area is 209 Å². The molecule has 2 N–H and O–H groups in total. The van der Waals surface area contributed by atoms with Crippen LogP contribution in [0.3, 0.4) is 0 Å². The Morgan fingerprint density at radius 1 is 0.684 bits per heavy atom. The second kappa shape index (κ2) is 12.8. The van der Waals surface area contributed by atoms with E-state index in [1.807, 2.05) is 0 Å². The summed E-state index contributed by atoms with van der Waals surface area (Å²) in [7, 11) is -3.36. The first-order valence-electron chi connectivity index (χ1n) is 10.9. The summed E-state index contributed by atoms with van der Waals surface area (Å²) in [6.45, 7) is 2.88. The lowest BCUT2D eigenvalue weighted by molar-refractivity contribution is -0.440. The number of urea groups is 1. The molecule has 0 bridgehead atoms. The third kappa shape index (κ3) is 7.35. The van der Waals surface area contributed by atoms with Crippen LogP contribution in [0.25, 0.3) is 0 Å². The number of hydrogen-bond donors (Lipinski definition) is 1. The second-order valence-corrected chi connectivity index (χ2v) is 10.4. The van der Waals surface area contributed by atoms with Crippen LogP contribution in [0.1, 0.15) is 33.6 Å². The van der Waals surface area contributed by atoms with E-state index in [2.05, 4.69) is 0 Å². The summed E-state index contributed by atoms with van der Waals surface area (Å²) in [5.74, 6) is -37.4. The molecule has 0 saturated carbocycles. The number of carbonyl (C=O) groups is 1. The first-order chi connectivity index (χ1) is 16.9. The molecule has 20 heteroatoms. The Morgan fingerprint density at radius 3 is 1.42 bits per heavy atom. The molecule has 0 aromatic carbocycles. The molecule has 0 saturated heterocycles. The average Bonchev–Trinajstić information content (AvgIpc) is 2.75. The van der Waals surface area contributed by atoms with E-state index in [1.165, 1.54) is 0 Å². The van der Waals surface area contributed by atoms with E-state index in [0.717, 1.165) is 0 Å². The van der Waals surface area contributed by atoms with Crippen LogP contribution < -0.4 is 5.73 Å². The van der Waals surface area contributed by atoms with Gasteiger partial charge in [-0.15, -0.1) is 0 Å². The number of hydrogen-bond acceptors (Lipinski definition) is 4. The molecule has 0 aromatic rings. The summed E-state index contributed by atoms with van der Waals surface area (Å²) in [6.07, 6.45) is -10.2. The highest BCUT2D eigenvalue weighted by Crippen LogP contribution is 2.60. The third-order valence-corrected chi connectivity index (χ3v) is 8.16. The second-order valence-electron chi connectivity index (χ2n) is 7.66. The lowest BCUT2D eigenvalue weighted by atomic mass is 9.92. The van der Waals surface area contributed by atoms with Crippen molar-refractivity contribution in [1.29, 1.82) is 0 Å². The van der Waals surface area contributed by atoms with Crippen LogP contribution in [-0.2, 0) is 13.3 Å². The number of rotatable bonds is 17. The van der Waals surface area contributed by atoms with Crippen molar-refractivity contribution in [1.82, 2.24) is 4.90 Å². The van der Waals surface area contributed by atoms with Gasteiger partial charge in [-0.3, -0.25) is 0 Å². The van der Waals surface area contributed by atoms with Crippen molar-refractivity contribution in [2.75, 3.05) is 32.9 Å². The van der Waals surface area contributed by atoms with Gasteiger partial charge in [0.05, 0.1) is 0 Å². The quantitative estimate of drug-likeness (QED) is 0.164. The molecule has 2 amide bonds.